The molecule has 0 bridgehead atoms. The number of hydrogen-bond donors (Lipinski definition) is 2. The van der Waals surface area contributed by atoms with E-state index >= 15 is 0 Å². The van der Waals surface area contributed by atoms with Gasteiger partial charge in [0.1, 0.15) is 0 Å². The van der Waals surface area contributed by atoms with Crippen molar-refractivity contribution < 1.29 is 9.59 Å². The number of amides is 2. The topological polar surface area (TPSA) is 61.4 Å². The lowest BCUT2D eigenvalue weighted by atomic mass is 10.1. The third kappa shape index (κ3) is 2.43. The lowest BCUT2D eigenvalue weighted by molar-refractivity contribution is -0.117. The molecule has 0 aromatic heterocycles. The number of carbonyl (C=O) groups is 2. The molecule has 0 atom stereocenters. The Morgan fingerprint density at radius 2 is 1.83 bits per heavy atom. The summed E-state index contributed by atoms with van der Waals surface area (Å²) in [7, 11) is 0. The normalized spacial score (nSPS) is 16.3. The molecule has 2 aliphatic rings. The molecule has 2 heterocycles. The highest BCUT2D eigenvalue weighted by atomic mass is 35.5. The highest BCUT2D eigenvalue weighted by molar-refractivity contribution is 6.31. The minimum absolute atomic E-state index is 0.118. The molecule has 23 heavy (non-hydrogen) atoms. The van der Waals surface area contributed by atoms with Gasteiger partial charge in [-0.15, -0.1) is 0 Å². The fraction of sp³-hybridized carbons (Fsp3) is 0.176. The Kier molecular flexibility index (Phi) is 3.23. The minimum atomic E-state index is -0.201. The van der Waals surface area contributed by atoms with Crippen LogP contribution in [0.3, 0.4) is 0 Å². The molecule has 2 amide bonds. The van der Waals surface area contributed by atoms with Crippen molar-refractivity contribution in [1.29, 1.82) is 0 Å². The van der Waals surface area contributed by atoms with Crippen LogP contribution in [0, 0.1) is 0 Å². The molecular weight excluding hydrogens is 314 g/mol. The van der Waals surface area contributed by atoms with Crippen LogP contribution < -0.4 is 15.5 Å². The van der Waals surface area contributed by atoms with Crippen molar-refractivity contribution in [3.05, 3.63) is 47.0 Å². The van der Waals surface area contributed by atoms with Gasteiger partial charge in [-0.25, -0.2) is 0 Å². The Hall–Kier alpha value is -2.53. The van der Waals surface area contributed by atoms with E-state index in [1.54, 1.807) is 23.1 Å². The molecule has 0 saturated carbocycles. The fourth-order valence-corrected chi connectivity index (χ4v) is 3.16. The van der Waals surface area contributed by atoms with Crippen LogP contribution in [-0.2, 0) is 4.79 Å². The van der Waals surface area contributed by atoms with E-state index in [9.17, 15) is 9.59 Å². The number of rotatable bonds is 1. The molecule has 2 aromatic rings. The third-order valence-corrected chi connectivity index (χ3v) is 4.37. The Morgan fingerprint density at radius 3 is 2.61 bits per heavy atom. The maximum Gasteiger partial charge on any atom is 0.257 e. The molecule has 0 aliphatic carbocycles. The van der Waals surface area contributed by atoms with Crippen molar-refractivity contribution in [3.63, 3.8) is 0 Å². The van der Waals surface area contributed by atoms with E-state index in [2.05, 4.69) is 10.6 Å². The van der Waals surface area contributed by atoms with Crippen LogP contribution in [0.2, 0.25) is 5.02 Å². The van der Waals surface area contributed by atoms with E-state index in [4.69, 9.17) is 11.6 Å². The average molecular weight is 328 g/mol. The SMILES string of the molecule is O=C1Nc2cc(N3CCCC3=O)ccc2Nc2cc(Cl)ccc21. The number of nitrogens with one attached hydrogen (secondary N) is 2. The summed E-state index contributed by atoms with van der Waals surface area (Å²) in [5, 5.41) is 6.69. The second kappa shape index (κ2) is 5.28. The second-order valence-corrected chi connectivity index (χ2v) is 6.08. The van der Waals surface area contributed by atoms with Crippen LogP contribution >= 0.6 is 11.6 Å². The molecule has 1 saturated heterocycles. The number of halogens is 1. The maximum absolute atomic E-state index is 12.4. The summed E-state index contributed by atoms with van der Waals surface area (Å²) >= 11 is 6.02. The molecule has 1 fully saturated rings. The molecule has 2 aliphatic heterocycles. The van der Waals surface area contributed by atoms with Crippen molar-refractivity contribution in [2.75, 3.05) is 22.1 Å². The second-order valence-electron chi connectivity index (χ2n) is 5.65. The van der Waals surface area contributed by atoms with Crippen molar-refractivity contribution in [2.24, 2.45) is 0 Å². The summed E-state index contributed by atoms with van der Waals surface area (Å²) < 4.78 is 0. The van der Waals surface area contributed by atoms with Gasteiger partial charge >= 0.3 is 0 Å². The number of fused-ring (bicyclic) bond motifs is 2. The molecule has 0 unspecified atom stereocenters. The number of carbonyl (C=O) groups excluding carboxylic acids is 2. The number of benzene rings is 2. The summed E-state index contributed by atoms with van der Waals surface area (Å²) in [4.78, 5) is 26.1. The summed E-state index contributed by atoms with van der Waals surface area (Å²) in [5.74, 6) is -0.0826. The van der Waals surface area contributed by atoms with E-state index in [-0.39, 0.29) is 11.8 Å². The van der Waals surface area contributed by atoms with Crippen LogP contribution in [0.4, 0.5) is 22.7 Å². The summed E-state index contributed by atoms with van der Waals surface area (Å²) in [6, 6.07) is 10.7. The summed E-state index contributed by atoms with van der Waals surface area (Å²) in [6.45, 7) is 0.717. The first-order chi connectivity index (χ1) is 11.1. The predicted molar refractivity (Wildman–Crippen MR) is 90.7 cm³/mol. The van der Waals surface area contributed by atoms with Crippen molar-refractivity contribution in [1.82, 2.24) is 0 Å². The standard InChI is InChI=1S/C17H14ClN3O2/c18-10-3-5-12-14(8-10)19-13-6-4-11(9-15(13)20-17(12)23)21-7-1-2-16(21)22/h3-6,8-9,19H,1-2,7H2,(H,20,23). The third-order valence-electron chi connectivity index (χ3n) is 4.13. The first-order valence-electron chi connectivity index (χ1n) is 7.44. The van der Waals surface area contributed by atoms with Crippen LogP contribution in [0.5, 0.6) is 0 Å². The van der Waals surface area contributed by atoms with Gasteiger partial charge < -0.3 is 15.5 Å². The monoisotopic (exact) mass is 327 g/mol. The fourth-order valence-electron chi connectivity index (χ4n) is 2.99. The van der Waals surface area contributed by atoms with Gasteiger partial charge in [-0.1, -0.05) is 11.6 Å². The zero-order chi connectivity index (χ0) is 16.0. The van der Waals surface area contributed by atoms with Gasteiger partial charge in [0.25, 0.3) is 5.91 Å². The Labute approximate surface area is 138 Å². The highest BCUT2D eigenvalue weighted by Gasteiger charge is 2.24. The van der Waals surface area contributed by atoms with E-state index in [0.29, 0.717) is 28.4 Å². The molecule has 6 heteroatoms. The maximum atomic E-state index is 12.4. The summed E-state index contributed by atoms with van der Waals surface area (Å²) in [5.41, 5.74) is 3.43. The van der Waals surface area contributed by atoms with Gasteiger partial charge in [0.2, 0.25) is 5.91 Å². The van der Waals surface area contributed by atoms with Crippen molar-refractivity contribution in [2.45, 2.75) is 12.8 Å². The quantitative estimate of drug-likeness (QED) is 0.838. The lowest BCUT2D eigenvalue weighted by Crippen LogP contribution is -2.23. The van der Waals surface area contributed by atoms with Gasteiger partial charge in [0.15, 0.2) is 0 Å². The van der Waals surface area contributed by atoms with Crippen LogP contribution in [0.15, 0.2) is 36.4 Å². The van der Waals surface area contributed by atoms with E-state index in [1.165, 1.54) is 0 Å². The van der Waals surface area contributed by atoms with E-state index in [0.717, 1.165) is 24.3 Å². The van der Waals surface area contributed by atoms with Crippen molar-refractivity contribution >= 4 is 46.2 Å². The molecule has 0 radical (unpaired) electrons. The van der Waals surface area contributed by atoms with Crippen molar-refractivity contribution in [3.8, 4) is 0 Å². The van der Waals surface area contributed by atoms with Gasteiger partial charge in [-0.05, 0) is 42.8 Å². The number of hydrogen-bond acceptors (Lipinski definition) is 3. The molecule has 5 nitrogen and oxygen atoms in total. The first-order valence-corrected chi connectivity index (χ1v) is 7.82. The molecule has 116 valence electrons. The van der Waals surface area contributed by atoms with Crippen LogP contribution in [0.1, 0.15) is 23.2 Å². The largest absolute Gasteiger partial charge is 0.353 e. The van der Waals surface area contributed by atoms with E-state index in [1.807, 2.05) is 18.2 Å². The number of anilines is 4. The molecule has 2 aromatic carbocycles. The molecule has 0 spiro atoms. The van der Waals surface area contributed by atoms with Gasteiger partial charge in [0, 0.05) is 23.7 Å². The predicted octanol–water partition coefficient (Wildman–Crippen LogP) is 3.78. The van der Waals surface area contributed by atoms with Gasteiger partial charge in [-0.3, -0.25) is 9.59 Å². The Balaban J connectivity index is 1.75. The minimum Gasteiger partial charge on any atom is -0.353 e. The Morgan fingerprint density at radius 1 is 0.957 bits per heavy atom. The average Bonchev–Trinajstić information content (AvgIpc) is 2.89. The smallest absolute Gasteiger partial charge is 0.257 e. The molecule has 4 rings (SSSR count). The molecular formula is C17H14ClN3O2. The van der Waals surface area contributed by atoms with Crippen LogP contribution in [0.25, 0.3) is 0 Å². The van der Waals surface area contributed by atoms with E-state index < -0.39 is 0 Å². The first kappa shape index (κ1) is 14.1. The zero-order valence-corrected chi connectivity index (χ0v) is 13.0. The van der Waals surface area contributed by atoms with Gasteiger partial charge in [-0.2, -0.15) is 0 Å². The number of nitrogens with zero attached hydrogens (tertiary/aromatic N) is 1. The Bertz CT molecular complexity index is 835. The highest BCUT2D eigenvalue weighted by Crippen LogP contribution is 2.36. The summed E-state index contributed by atoms with van der Waals surface area (Å²) in [6.07, 6.45) is 1.44. The zero-order valence-electron chi connectivity index (χ0n) is 12.2. The van der Waals surface area contributed by atoms with Crippen LogP contribution in [-0.4, -0.2) is 18.4 Å². The molecule has 2 N–H and O–H groups in total. The lowest BCUT2D eigenvalue weighted by Gasteiger charge is -2.18. The van der Waals surface area contributed by atoms with Gasteiger partial charge in [0.05, 0.1) is 22.6 Å².